The van der Waals surface area contributed by atoms with Gasteiger partial charge in [0.25, 0.3) is 0 Å². The summed E-state index contributed by atoms with van der Waals surface area (Å²) in [5, 5.41) is 12.2. The first-order valence-corrected chi connectivity index (χ1v) is 5.16. The van der Waals surface area contributed by atoms with Crippen molar-refractivity contribution in [2.45, 2.75) is 19.8 Å². The molecule has 0 aromatic heterocycles. The molecule has 0 radical (unpaired) electrons. The molecule has 0 bridgehead atoms. The van der Waals surface area contributed by atoms with Gasteiger partial charge in [0.2, 0.25) is 0 Å². The maximum Gasteiger partial charge on any atom is 0.311 e. The van der Waals surface area contributed by atoms with E-state index in [1.54, 1.807) is 0 Å². The van der Waals surface area contributed by atoms with Crippen LogP contribution in [0.3, 0.4) is 0 Å². The zero-order chi connectivity index (χ0) is 10.9. The van der Waals surface area contributed by atoms with Crippen LogP contribution in [0.15, 0.2) is 24.3 Å². The van der Waals surface area contributed by atoms with Gasteiger partial charge in [-0.15, -0.1) is 0 Å². The third kappa shape index (κ3) is 2.12. The molecule has 1 saturated carbocycles. The van der Waals surface area contributed by atoms with Crippen LogP contribution in [0, 0.1) is 12.3 Å². The van der Waals surface area contributed by atoms with Gasteiger partial charge in [0.15, 0.2) is 0 Å². The molecule has 80 valence electrons. The van der Waals surface area contributed by atoms with Gasteiger partial charge in [-0.3, -0.25) is 4.79 Å². The van der Waals surface area contributed by atoms with Crippen molar-refractivity contribution in [1.29, 1.82) is 0 Å². The highest BCUT2D eigenvalue weighted by Crippen LogP contribution is 2.45. The minimum absolute atomic E-state index is 0.496. The Morgan fingerprint density at radius 3 is 2.80 bits per heavy atom. The molecule has 0 aliphatic heterocycles. The molecule has 1 fully saturated rings. The normalized spacial score (nSPS) is 17.1. The number of hydrogen-bond donors (Lipinski definition) is 2. The van der Waals surface area contributed by atoms with Gasteiger partial charge in [0, 0.05) is 12.2 Å². The van der Waals surface area contributed by atoms with Crippen LogP contribution < -0.4 is 5.32 Å². The fourth-order valence-corrected chi connectivity index (χ4v) is 1.64. The maximum absolute atomic E-state index is 10.9. The Labute approximate surface area is 89.1 Å². The van der Waals surface area contributed by atoms with E-state index >= 15 is 0 Å². The van der Waals surface area contributed by atoms with E-state index in [1.165, 1.54) is 5.56 Å². The Morgan fingerprint density at radius 2 is 2.27 bits per heavy atom. The lowest BCUT2D eigenvalue weighted by atomic mass is 10.1. The number of hydrogen-bond acceptors (Lipinski definition) is 2. The van der Waals surface area contributed by atoms with Crippen molar-refractivity contribution in [1.82, 2.24) is 0 Å². The largest absolute Gasteiger partial charge is 0.481 e. The van der Waals surface area contributed by atoms with E-state index in [-0.39, 0.29) is 0 Å². The first kappa shape index (κ1) is 10.0. The highest BCUT2D eigenvalue weighted by molar-refractivity contribution is 5.78. The second-order valence-electron chi connectivity index (χ2n) is 4.31. The van der Waals surface area contributed by atoms with Crippen LogP contribution in [0.1, 0.15) is 18.4 Å². The molecule has 0 atom stereocenters. The Morgan fingerprint density at radius 1 is 1.53 bits per heavy atom. The standard InChI is InChI=1S/C12H15NO2/c1-9-3-2-4-10(7-9)13-8-12(5-6-12)11(14)15/h2-4,7,13H,5-6,8H2,1H3,(H,14,15). The summed E-state index contributed by atoms with van der Waals surface area (Å²) >= 11 is 0. The van der Waals surface area contributed by atoms with Crippen molar-refractivity contribution in [2.24, 2.45) is 5.41 Å². The fourth-order valence-electron chi connectivity index (χ4n) is 1.64. The number of nitrogens with one attached hydrogen (secondary N) is 1. The number of aliphatic carboxylic acids is 1. The lowest BCUT2D eigenvalue weighted by Gasteiger charge is -2.12. The first-order chi connectivity index (χ1) is 7.12. The number of anilines is 1. The highest BCUT2D eigenvalue weighted by atomic mass is 16.4. The average Bonchev–Trinajstić information content (AvgIpc) is 2.96. The van der Waals surface area contributed by atoms with Crippen molar-refractivity contribution in [3.63, 3.8) is 0 Å². The molecule has 0 heterocycles. The molecule has 0 saturated heterocycles. The maximum atomic E-state index is 10.9. The van der Waals surface area contributed by atoms with Gasteiger partial charge in [0.1, 0.15) is 0 Å². The van der Waals surface area contributed by atoms with E-state index in [0.717, 1.165) is 18.5 Å². The van der Waals surface area contributed by atoms with Gasteiger partial charge in [-0.1, -0.05) is 12.1 Å². The summed E-state index contributed by atoms with van der Waals surface area (Å²) in [7, 11) is 0. The predicted octanol–water partition coefficient (Wildman–Crippen LogP) is 2.27. The van der Waals surface area contributed by atoms with Crippen LogP contribution in [0.5, 0.6) is 0 Å². The zero-order valence-electron chi connectivity index (χ0n) is 8.79. The summed E-state index contributed by atoms with van der Waals surface area (Å²) in [6.45, 7) is 2.56. The SMILES string of the molecule is Cc1cccc(NCC2(C(=O)O)CC2)c1. The minimum Gasteiger partial charge on any atom is -0.481 e. The molecule has 2 N–H and O–H groups in total. The number of benzene rings is 1. The molecule has 1 aliphatic carbocycles. The molecule has 15 heavy (non-hydrogen) atoms. The van der Waals surface area contributed by atoms with Gasteiger partial charge in [-0.05, 0) is 37.5 Å². The fraction of sp³-hybridized carbons (Fsp3) is 0.417. The minimum atomic E-state index is -0.678. The van der Waals surface area contributed by atoms with Crippen LogP contribution in [-0.2, 0) is 4.79 Å². The quantitative estimate of drug-likeness (QED) is 0.792. The summed E-state index contributed by atoms with van der Waals surface area (Å²) in [5.41, 5.74) is 1.69. The Kier molecular flexibility index (Phi) is 2.39. The summed E-state index contributed by atoms with van der Waals surface area (Å²) in [5.74, 6) is -0.678. The van der Waals surface area contributed by atoms with Crippen LogP contribution in [0.25, 0.3) is 0 Å². The Balaban J connectivity index is 1.96. The number of carboxylic acid groups (broad SMARTS) is 1. The second kappa shape index (κ2) is 3.57. The van der Waals surface area contributed by atoms with Crippen molar-refractivity contribution >= 4 is 11.7 Å². The number of carbonyl (C=O) groups is 1. The highest BCUT2D eigenvalue weighted by Gasteiger charge is 2.49. The average molecular weight is 205 g/mol. The molecule has 2 rings (SSSR count). The molecular weight excluding hydrogens is 190 g/mol. The molecule has 0 spiro atoms. The van der Waals surface area contributed by atoms with E-state index in [2.05, 4.69) is 5.32 Å². The van der Waals surface area contributed by atoms with E-state index in [9.17, 15) is 4.79 Å². The summed E-state index contributed by atoms with van der Waals surface area (Å²) in [6.07, 6.45) is 1.59. The summed E-state index contributed by atoms with van der Waals surface area (Å²) in [6, 6.07) is 7.98. The van der Waals surface area contributed by atoms with Crippen LogP contribution in [0.2, 0.25) is 0 Å². The van der Waals surface area contributed by atoms with Gasteiger partial charge in [-0.2, -0.15) is 0 Å². The van der Waals surface area contributed by atoms with E-state index in [0.29, 0.717) is 6.54 Å². The number of carboxylic acids is 1. The van der Waals surface area contributed by atoms with Gasteiger partial charge in [0.05, 0.1) is 5.41 Å². The molecule has 0 amide bonds. The molecule has 1 aromatic rings. The monoisotopic (exact) mass is 205 g/mol. The molecular formula is C12H15NO2. The first-order valence-electron chi connectivity index (χ1n) is 5.16. The predicted molar refractivity (Wildman–Crippen MR) is 59.0 cm³/mol. The third-order valence-corrected chi connectivity index (χ3v) is 2.96. The van der Waals surface area contributed by atoms with Crippen molar-refractivity contribution < 1.29 is 9.90 Å². The van der Waals surface area contributed by atoms with Crippen molar-refractivity contribution in [3.05, 3.63) is 29.8 Å². The topological polar surface area (TPSA) is 49.3 Å². The molecule has 1 aliphatic rings. The van der Waals surface area contributed by atoms with E-state index < -0.39 is 11.4 Å². The third-order valence-electron chi connectivity index (χ3n) is 2.96. The van der Waals surface area contributed by atoms with Crippen LogP contribution in [-0.4, -0.2) is 17.6 Å². The van der Waals surface area contributed by atoms with Crippen LogP contribution in [0.4, 0.5) is 5.69 Å². The molecule has 3 heteroatoms. The Hall–Kier alpha value is -1.51. The molecule has 1 aromatic carbocycles. The van der Waals surface area contributed by atoms with Crippen molar-refractivity contribution in [2.75, 3.05) is 11.9 Å². The van der Waals surface area contributed by atoms with Gasteiger partial charge in [-0.25, -0.2) is 0 Å². The van der Waals surface area contributed by atoms with E-state index in [1.807, 2.05) is 31.2 Å². The second-order valence-corrected chi connectivity index (χ2v) is 4.31. The number of aryl methyl sites for hydroxylation is 1. The Bertz CT molecular complexity index is 383. The van der Waals surface area contributed by atoms with Crippen LogP contribution >= 0.6 is 0 Å². The zero-order valence-corrected chi connectivity index (χ0v) is 8.79. The lowest BCUT2D eigenvalue weighted by molar-refractivity contribution is -0.142. The lowest BCUT2D eigenvalue weighted by Crippen LogP contribution is -2.24. The smallest absolute Gasteiger partial charge is 0.311 e. The molecule has 0 unspecified atom stereocenters. The van der Waals surface area contributed by atoms with Gasteiger partial charge < -0.3 is 10.4 Å². The van der Waals surface area contributed by atoms with Crippen molar-refractivity contribution in [3.8, 4) is 0 Å². The summed E-state index contributed by atoms with van der Waals surface area (Å²) in [4.78, 5) is 10.9. The number of rotatable bonds is 4. The summed E-state index contributed by atoms with van der Waals surface area (Å²) < 4.78 is 0. The molecule has 3 nitrogen and oxygen atoms in total. The van der Waals surface area contributed by atoms with E-state index in [4.69, 9.17) is 5.11 Å². The van der Waals surface area contributed by atoms with Gasteiger partial charge >= 0.3 is 5.97 Å².